The average Bonchev–Trinajstić information content (AvgIpc) is 3.24. The summed E-state index contributed by atoms with van der Waals surface area (Å²) < 4.78 is 0. The molecule has 0 bridgehead atoms. The van der Waals surface area contributed by atoms with E-state index >= 15 is 0 Å². The van der Waals surface area contributed by atoms with E-state index in [2.05, 4.69) is 31.2 Å². The third-order valence-corrected chi connectivity index (χ3v) is 4.98. The first kappa shape index (κ1) is 16.6. The highest BCUT2D eigenvalue weighted by molar-refractivity contribution is 5.89. The Kier molecular flexibility index (Phi) is 4.86. The molecule has 0 radical (unpaired) electrons. The fourth-order valence-corrected chi connectivity index (χ4v) is 3.49. The average molecular weight is 352 g/mol. The second-order valence-electron chi connectivity index (χ2n) is 6.70. The minimum atomic E-state index is -0.0451. The summed E-state index contributed by atoms with van der Waals surface area (Å²) >= 11 is 0. The Morgan fingerprint density at radius 3 is 2.12 bits per heavy atom. The highest BCUT2D eigenvalue weighted by Gasteiger charge is 2.23. The molecule has 0 aliphatic carbocycles. The van der Waals surface area contributed by atoms with E-state index in [0.29, 0.717) is 13.1 Å². The van der Waals surface area contributed by atoms with E-state index in [1.807, 2.05) is 35.2 Å². The lowest BCUT2D eigenvalue weighted by molar-refractivity contribution is 0.208. The molecule has 7 heteroatoms. The van der Waals surface area contributed by atoms with Crippen LogP contribution in [0, 0.1) is 0 Å². The molecule has 136 valence electrons. The highest BCUT2D eigenvalue weighted by Crippen LogP contribution is 2.22. The van der Waals surface area contributed by atoms with Gasteiger partial charge in [-0.15, -0.1) is 0 Å². The van der Waals surface area contributed by atoms with Crippen LogP contribution in [0.3, 0.4) is 0 Å². The fourth-order valence-electron chi connectivity index (χ4n) is 3.49. The molecule has 7 nitrogen and oxygen atoms in total. The molecule has 2 saturated heterocycles. The van der Waals surface area contributed by atoms with Gasteiger partial charge in [0.15, 0.2) is 0 Å². The molecule has 1 aromatic carbocycles. The Bertz CT molecular complexity index is 739. The van der Waals surface area contributed by atoms with Crippen molar-refractivity contribution in [3.05, 3.63) is 42.7 Å². The molecule has 0 unspecified atom stereocenters. The summed E-state index contributed by atoms with van der Waals surface area (Å²) in [6.45, 7) is 5.06. The summed E-state index contributed by atoms with van der Waals surface area (Å²) in [7, 11) is 0. The van der Waals surface area contributed by atoms with Gasteiger partial charge in [-0.25, -0.2) is 14.8 Å². The van der Waals surface area contributed by atoms with Gasteiger partial charge < -0.3 is 20.0 Å². The first-order valence-corrected chi connectivity index (χ1v) is 9.22. The second-order valence-corrected chi connectivity index (χ2v) is 6.70. The number of amides is 2. The number of anilines is 3. The number of carbonyl (C=O) groups is 1. The van der Waals surface area contributed by atoms with Gasteiger partial charge >= 0.3 is 6.03 Å². The number of rotatable bonds is 3. The number of piperazine rings is 1. The zero-order valence-electron chi connectivity index (χ0n) is 14.8. The molecule has 2 aromatic rings. The van der Waals surface area contributed by atoms with Gasteiger partial charge in [-0.05, 0) is 25.0 Å². The summed E-state index contributed by atoms with van der Waals surface area (Å²) in [5.74, 6) is 1.96. The van der Waals surface area contributed by atoms with Crippen molar-refractivity contribution >= 4 is 23.4 Å². The van der Waals surface area contributed by atoms with E-state index < -0.39 is 0 Å². The minimum Gasteiger partial charge on any atom is -0.356 e. The van der Waals surface area contributed by atoms with Crippen molar-refractivity contribution in [2.45, 2.75) is 12.8 Å². The van der Waals surface area contributed by atoms with Gasteiger partial charge in [0.1, 0.15) is 18.0 Å². The molecular formula is C19H24N6O. The Morgan fingerprint density at radius 1 is 0.846 bits per heavy atom. The van der Waals surface area contributed by atoms with Gasteiger partial charge in [-0.1, -0.05) is 18.2 Å². The van der Waals surface area contributed by atoms with Crippen molar-refractivity contribution in [1.82, 2.24) is 14.9 Å². The SMILES string of the molecule is O=C(Nc1ccccc1)N1CCN(c2cc(N3CCCC3)ncn2)CC1. The Hall–Kier alpha value is -2.83. The van der Waals surface area contributed by atoms with Gasteiger partial charge in [-0.3, -0.25) is 0 Å². The van der Waals surface area contributed by atoms with Crippen molar-refractivity contribution in [3.8, 4) is 0 Å². The molecule has 1 N–H and O–H groups in total. The number of nitrogens with one attached hydrogen (secondary N) is 1. The van der Waals surface area contributed by atoms with E-state index in [4.69, 9.17) is 0 Å². The summed E-state index contributed by atoms with van der Waals surface area (Å²) in [6, 6.07) is 11.6. The van der Waals surface area contributed by atoms with Crippen molar-refractivity contribution in [2.75, 3.05) is 54.4 Å². The Labute approximate surface area is 153 Å². The number of benzene rings is 1. The molecule has 0 spiro atoms. The van der Waals surface area contributed by atoms with Crippen molar-refractivity contribution in [2.24, 2.45) is 0 Å². The van der Waals surface area contributed by atoms with Gasteiger partial charge in [-0.2, -0.15) is 0 Å². The maximum atomic E-state index is 12.4. The molecule has 1 aromatic heterocycles. The molecule has 2 aliphatic rings. The van der Waals surface area contributed by atoms with Crippen LogP contribution in [0.4, 0.5) is 22.1 Å². The van der Waals surface area contributed by atoms with Crippen LogP contribution < -0.4 is 15.1 Å². The molecular weight excluding hydrogens is 328 g/mol. The van der Waals surface area contributed by atoms with Crippen molar-refractivity contribution < 1.29 is 4.79 Å². The van der Waals surface area contributed by atoms with Gasteiger partial charge in [0.2, 0.25) is 0 Å². The largest absolute Gasteiger partial charge is 0.356 e. The monoisotopic (exact) mass is 352 g/mol. The number of urea groups is 1. The molecule has 2 aliphatic heterocycles. The lowest BCUT2D eigenvalue weighted by Gasteiger charge is -2.35. The lowest BCUT2D eigenvalue weighted by Crippen LogP contribution is -2.50. The number of aromatic nitrogens is 2. The van der Waals surface area contributed by atoms with Crippen LogP contribution >= 0.6 is 0 Å². The third kappa shape index (κ3) is 3.71. The fraction of sp³-hybridized carbons (Fsp3) is 0.421. The van der Waals surface area contributed by atoms with E-state index in [1.54, 1.807) is 6.33 Å². The zero-order chi connectivity index (χ0) is 17.8. The summed E-state index contributed by atoms with van der Waals surface area (Å²) in [6.07, 6.45) is 4.11. The molecule has 4 rings (SSSR count). The molecule has 2 fully saturated rings. The van der Waals surface area contributed by atoms with E-state index in [1.165, 1.54) is 12.8 Å². The van der Waals surface area contributed by atoms with Crippen LogP contribution in [-0.4, -0.2) is 60.2 Å². The molecule has 2 amide bonds. The van der Waals surface area contributed by atoms with Gasteiger partial charge in [0.25, 0.3) is 0 Å². The maximum absolute atomic E-state index is 12.4. The number of hydrogen-bond donors (Lipinski definition) is 1. The van der Waals surface area contributed by atoms with Gasteiger partial charge in [0, 0.05) is 51.0 Å². The van der Waals surface area contributed by atoms with Gasteiger partial charge in [0.05, 0.1) is 0 Å². The summed E-state index contributed by atoms with van der Waals surface area (Å²) in [4.78, 5) is 27.7. The van der Waals surface area contributed by atoms with E-state index in [-0.39, 0.29) is 6.03 Å². The first-order chi connectivity index (χ1) is 12.8. The molecule has 3 heterocycles. The lowest BCUT2D eigenvalue weighted by atomic mass is 10.3. The predicted molar refractivity (Wildman–Crippen MR) is 103 cm³/mol. The number of para-hydroxylation sites is 1. The Morgan fingerprint density at radius 2 is 1.46 bits per heavy atom. The van der Waals surface area contributed by atoms with Crippen molar-refractivity contribution in [1.29, 1.82) is 0 Å². The van der Waals surface area contributed by atoms with Crippen LogP contribution in [0.5, 0.6) is 0 Å². The predicted octanol–water partition coefficient (Wildman–Crippen LogP) is 2.43. The van der Waals surface area contributed by atoms with Crippen LogP contribution in [0.15, 0.2) is 42.7 Å². The zero-order valence-corrected chi connectivity index (χ0v) is 14.8. The quantitative estimate of drug-likeness (QED) is 0.919. The molecule has 0 atom stereocenters. The first-order valence-electron chi connectivity index (χ1n) is 9.22. The van der Waals surface area contributed by atoms with Crippen LogP contribution in [0.25, 0.3) is 0 Å². The highest BCUT2D eigenvalue weighted by atomic mass is 16.2. The molecule has 26 heavy (non-hydrogen) atoms. The normalized spacial score (nSPS) is 17.5. The topological polar surface area (TPSA) is 64.6 Å². The maximum Gasteiger partial charge on any atom is 0.321 e. The minimum absolute atomic E-state index is 0.0451. The summed E-state index contributed by atoms with van der Waals surface area (Å²) in [5, 5.41) is 2.95. The van der Waals surface area contributed by atoms with E-state index in [9.17, 15) is 4.79 Å². The standard InChI is InChI=1S/C19H24N6O/c26-19(22-16-6-2-1-3-7-16)25-12-10-24(11-13-25)18-14-17(20-15-21-18)23-8-4-5-9-23/h1-3,6-7,14-15H,4-5,8-13H2,(H,22,26). The number of carbonyl (C=O) groups excluding carboxylic acids is 1. The summed E-state index contributed by atoms with van der Waals surface area (Å²) in [5.41, 5.74) is 0.825. The Balaban J connectivity index is 1.34. The smallest absolute Gasteiger partial charge is 0.321 e. The molecule has 0 saturated carbocycles. The van der Waals surface area contributed by atoms with Crippen LogP contribution in [0.2, 0.25) is 0 Å². The second kappa shape index (κ2) is 7.59. The van der Waals surface area contributed by atoms with Crippen LogP contribution in [-0.2, 0) is 0 Å². The number of hydrogen-bond acceptors (Lipinski definition) is 5. The third-order valence-electron chi connectivity index (χ3n) is 4.98. The van der Waals surface area contributed by atoms with Crippen LogP contribution in [0.1, 0.15) is 12.8 Å². The van der Waals surface area contributed by atoms with E-state index in [0.717, 1.165) is 43.5 Å². The van der Waals surface area contributed by atoms with Crippen molar-refractivity contribution in [3.63, 3.8) is 0 Å². The number of nitrogens with zero attached hydrogens (tertiary/aromatic N) is 5.